The highest BCUT2D eigenvalue weighted by Gasteiger charge is 2.11. The highest BCUT2D eigenvalue weighted by atomic mass is 19.3. The third kappa shape index (κ3) is 5.34. The van der Waals surface area contributed by atoms with Gasteiger partial charge in [0.1, 0.15) is 5.75 Å². The lowest BCUT2D eigenvalue weighted by Crippen LogP contribution is -2.12. The Morgan fingerprint density at radius 2 is 1.64 bits per heavy atom. The Morgan fingerprint density at radius 3 is 2.24 bits per heavy atom. The van der Waals surface area contributed by atoms with E-state index in [0.717, 1.165) is 0 Å². The van der Waals surface area contributed by atoms with Crippen molar-refractivity contribution in [1.82, 2.24) is 0 Å². The topological polar surface area (TPSA) is 56.8 Å². The number of benzene rings is 2. The van der Waals surface area contributed by atoms with Gasteiger partial charge in [0, 0.05) is 17.3 Å². The van der Waals surface area contributed by atoms with Crippen molar-refractivity contribution in [2.45, 2.75) is 20.5 Å². The lowest BCUT2D eigenvalue weighted by molar-refractivity contribution is -0.0498. The van der Waals surface area contributed by atoms with Gasteiger partial charge >= 0.3 is 6.61 Å². The van der Waals surface area contributed by atoms with Crippen LogP contribution in [0.5, 0.6) is 17.2 Å². The number of anilines is 1. The molecule has 0 aliphatic carbocycles. The molecule has 7 heteroatoms. The van der Waals surface area contributed by atoms with Crippen molar-refractivity contribution in [3.8, 4) is 17.2 Å². The van der Waals surface area contributed by atoms with E-state index in [9.17, 15) is 13.6 Å². The smallest absolute Gasteiger partial charge is 0.387 e. The minimum absolute atomic E-state index is 0.00810. The summed E-state index contributed by atoms with van der Waals surface area (Å²) in [5.74, 6) is 0.736. The molecule has 0 bridgehead atoms. The minimum Gasteiger partial charge on any atom is -0.490 e. The first-order valence-electron chi connectivity index (χ1n) is 7.79. The van der Waals surface area contributed by atoms with E-state index in [-0.39, 0.29) is 11.7 Å². The summed E-state index contributed by atoms with van der Waals surface area (Å²) in [6.45, 7) is 1.78. The summed E-state index contributed by atoms with van der Waals surface area (Å²) >= 11 is 0. The molecule has 25 heavy (non-hydrogen) atoms. The van der Waals surface area contributed by atoms with Crippen LogP contribution in [-0.4, -0.2) is 25.7 Å². The highest BCUT2D eigenvalue weighted by Crippen LogP contribution is 2.30. The number of nitrogens with one attached hydrogen (secondary N) is 1. The number of ether oxygens (including phenoxy) is 3. The predicted octanol–water partition coefficient (Wildman–Crippen LogP) is 4.34. The molecule has 0 aliphatic rings. The summed E-state index contributed by atoms with van der Waals surface area (Å²) in [6.07, 6.45) is 0. The lowest BCUT2D eigenvalue weighted by atomic mass is 10.2. The quantitative estimate of drug-likeness (QED) is 0.769. The van der Waals surface area contributed by atoms with Crippen molar-refractivity contribution in [2.75, 3.05) is 18.5 Å². The number of carbonyl (C=O) groups excluding carboxylic acids is 1. The Hall–Kier alpha value is -2.83. The monoisotopic (exact) mass is 351 g/mol. The van der Waals surface area contributed by atoms with Crippen LogP contribution in [0.25, 0.3) is 0 Å². The van der Waals surface area contributed by atoms with E-state index in [0.29, 0.717) is 36.0 Å². The zero-order valence-corrected chi connectivity index (χ0v) is 13.9. The summed E-state index contributed by atoms with van der Waals surface area (Å²) in [5.41, 5.74) is 0.846. The first-order valence-corrected chi connectivity index (χ1v) is 7.79. The Morgan fingerprint density at radius 1 is 1.00 bits per heavy atom. The minimum atomic E-state index is -2.90. The maximum Gasteiger partial charge on any atom is 0.387 e. The molecule has 0 aliphatic heterocycles. The molecule has 2 aromatic carbocycles. The highest BCUT2D eigenvalue weighted by molar-refractivity contribution is 6.04. The number of amides is 1. The number of hydrogen-bond donors (Lipinski definition) is 1. The molecule has 0 heterocycles. The number of alkyl halides is 2. The Kier molecular flexibility index (Phi) is 6.56. The van der Waals surface area contributed by atoms with Gasteiger partial charge in [-0.2, -0.15) is 8.78 Å². The number of carbonyl (C=O) groups is 1. The molecule has 1 amide bonds. The summed E-state index contributed by atoms with van der Waals surface area (Å²) in [5, 5.41) is 2.72. The van der Waals surface area contributed by atoms with Crippen LogP contribution in [0.2, 0.25) is 0 Å². The van der Waals surface area contributed by atoms with Gasteiger partial charge in [0.2, 0.25) is 0 Å². The predicted molar refractivity (Wildman–Crippen MR) is 89.8 cm³/mol. The number of hydrogen-bond acceptors (Lipinski definition) is 4. The zero-order valence-electron chi connectivity index (χ0n) is 13.9. The molecule has 5 nitrogen and oxygen atoms in total. The molecule has 0 saturated carbocycles. The van der Waals surface area contributed by atoms with Gasteiger partial charge in [-0.15, -0.1) is 0 Å². The van der Waals surface area contributed by atoms with Gasteiger partial charge in [-0.3, -0.25) is 4.79 Å². The SMILES string of the molecule is CCOc1ccc(NC(=O)c2ccc(OC(F)F)cc2)cc1OCC. The van der Waals surface area contributed by atoms with Gasteiger partial charge in [0.05, 0.1) is 13.2 Å². The molecule has 0 fully saturated rings. The second-order valence-corrected chi connectivity index (χ2v) is 4.88. The van der Waals surface area contributed by atoms with E-state index in [1.165, 1.54) is 24.3 Å². The van der Waals surface area contributed by atoms with E-state index in [4.69, 9.17) is 9.47 Å². The molecular weight excluding hydrogens is 332 g/mol. The van der Waals surface area contributed by atoms with Crippen molar-refractivity contribution < 1.29 is 27.8 Å². The van der Waals surface area contributed by atoms with Crippen LogP contribution < -0.4 is 19.5 Å². The van der Waals surface area contributed by atoms with Gasteiger partial charge in [0.15, 0.2) is 11.5 Å². The van der Waals surface area contributed by atoms with Crippen molar-refractivity contribution in [2.24, 2.45) is 0 Å². The van der Waals surface area contributed by atoms with Crippen LogP contribution in [0.1, 0.15) is 24.2 Å². The molecule has 0 spiro atoms. The lowest BCUT2D eigenvalue weighted by Gasteiger charge is -2.13. The molecule has 134 valence electrons. The molecule has 0 saturated heterocycles. The molecule has 0 unspecified atom stereocenters. The third-order valence-electron chi connectivity index (χ3n) is 3.14. The van der Waals surface area contributed by atoms with Gasteiger partial charge in [-0.25, -0.2) is 0 Å². The number of halogens is 2. The summed E-state index contributed by atoms with van der Waals surface area (Å²) in [7, 11) is 0. The van der Waals surface area contributed by atoms with Crippen LogP contribution in [0.4, 0.5) is 14.5 Å². The van der Waals surface area contributed by atoms with Crippen molar-refractivity contribution in [3.05, 3.63) is 48.0 Å². The maximum atomic E-state index is 12.3. The van der Waals surface area contributed by atoms with Crippen LogP contribution >= 0.6 is 0 Å². The fourth-order valence-corrected chi connectivity index (χ4v) is 2.12. The fraction of sp³-hybridized carbons (Fsp3) is 0.278. The molecule has 0 radical (unpaired) electrons. The van der Waals surface area contributed by atoms with E-state index in [1.807, 2.05) is 13.8 Å². The molecular formula is C18H19F2NO4. The van der Waals surface area contributed by atoms with Crippen molar-refractivity contribution >= 4 is 11.6 Å². The Balaban J connectivity index is 2.10. The van der Waals surface area contributed by atoms with Gasteiger partial charge in [-0.05, 0) is 50.2 Å². The normalized spacial score (nSPS) is 10.4. The van der Waals surface area contributed by atoms with Gasteiger partial charge in [-0.1, -0.05) is 0 Å². The van der Waals surface area contributed by atoms with Crippen molar-refractivity contribution in [3.63, 3.8) is 0 Å². The molecule has 1 N–H and O–H groups in total. The van der Waals surface area contributed by atoms with E-state index >= 15 is 0 Å². The van der Waals surface area contributed by atoms with E-state index in [2.05, 4.69) is 10.1 Å². The first kappa shape index (κ1) is 18.5. The molecule has 0 aromatic heterocycles. The Labute approximate surface area is 144 Å². The summed E-state index contributed by atoms with van der Waals surface area (Å²) < 4.78 is 39.5. The summed E-state index contributed by atoms with van der Waals surface area (Å²) in [4.78, 5) is 12.3. The maximum absolute atomic E-state index is 12.3. The molecule has 0 atom stereocenters. The molecule has 2 rings (SSSR count). The second-order valence-electron chi connectivity index (χ2n) is 4.88. The fourth-order valence-electron chi connectivity index (χ4n) is 2.12. The average Bonchev–Trinajstić information content (AvgIpc) is 2.57. The molecule has 2 aromatic rings. The largest absolute Gasteiger partial charge is 0.490 e. The van der Waals surface area contributed by atoms with Gasteiger partial charge < -0.3 is 19.5 Å². The third-order valence-corrected chi connectivity index (χ3v) is 3.14. The van der Waals surface area contributed by atoms with E-state index in [1.54, 1.807) is 18.2 Å². The Bertz CT molecular complexity index is 705. The van der Waals surface area contributed by atoms with Crippen LogP contribution in [-0.2, 0) is 0 Å². The first-order chi connectivity index (χ1) is 12.0. The average molecular weight is 351 g/mol. The standard InChI is InChI=1S/C18H19F2NO4/c1-3-23-15-10-7-13(11-16(15)24-4-2)21-17(22)12-5-8-14(9-6-12)25-18(19)20/h5-11,18H,3-4H2,1-2H3,(H,21,22). The van der Waals surface area contributed by atoms with Gasteiger partial charge in [0.25, 0.3) is 5.91 Å². The van der Waals surface area contributed by atoms with Crippen LogP contribution in [0.3, 0.4) is 0 Å². The second kappa shape index (κ2) is 8.86. The van der Waals surface area contributed by atoms with Crippen LogP contribution in [0.15, 0.2) is 42.5 Å². The van der Waals surface area contributed by atoms with Crippen LogP contribution in [0, 0.1) is 0 Å². The summed E-state index contributed by atoms with van der Waals surface area (Å²) in [6, 6.07) is 10.5. The van der Waals surface area contributed by atoms with E-state index < -0.39 is 6.61 Å². The zero-order chi connectivity index (χ0) is 18.2. The number of rotatable bonds is 8. The van der Waals surface area contributed by atoms with Crippen molar-refractivity contribution in [1.29, 1.82) is 0 Å².